The number of aromatic nitrogens is 1. The van der Waals surface area contributed by atoms with E-state index in [2.05, 4.69) is 5.32 Å². The summed E-state index contributed by atoms with van der Waals surface area (Å²) in [5, 5.41) is 2.66. The van der Waals surface area contributed by atoms with Crippen LogP contribution in [0.3, 0.4) is 0 Å². The lowest BCUT2D eigenvalue weighted by molar-refractivity contribution is 0.0526. The number of nitrogens with one attached hydrogen (secondary N) is 1. The summed E-state index contributed by atoms with van der Waals surface area (Å²) >= 11 is 0. The number of carbonyl (C=O) groups excluding carboxylic acids is 1. The Labute approximate surface area is 118 Å². The number of rotatable bonds is 5. The highest BCUT2D eigenvalue weighted by Gasteiger charge is 2.15. The van der Waals surface area contributed by atoms with Crippen molar-refractivity contribution in [3.63, 3.8) is 0 Å². The predicted octanol–water partition coefficient (Wildman–Crippen LogP) is 1.22. The third kappa shape index (κ3) is 5.88. The second kappa shape index (κ2) is 7.09. The number of aryl methyl sites for hydroxylation is 1. The number of ether oxygens (including phenoxy) is 1. The summed E-state index contributed by atoms with van der Waals surface area (Å²) in [5.41, 5.74) is 5.87. The highest BCUT2D eigenvalue weighted by molar-refractivity contribution is 5.67. The molecular weight excluding hydrogens is 258 g/mol. The van der Waals surface area contributed by atoms with Crippen LogP contribution in [0.2, 0.25) is 0 Å². The van der Waals surface area contributed by atoms with E-state index in [1.54, 1.807) is 16.8 Å². The molecule has 6 heteroatoms. The molecule has 112 valence electrons. The number of hydrogen-bond acceptors (Lipinski definition) is 4. The van der Waals surface area contributed by atoms with Gasteiger partial charge in [-0.3, -0.25) is 4.79 Å². The molecule has 0 aliphatic rings. The van der Waals surface area contributed by atoms with Crippen LogP contribution in [0.25, 0.3) is 0 Å². The van der Waals surface area contributed by atoms with E-state index in [4.69, 9.17) is 10.5 Å². The molecule has 1 aromatic heterocycles. The topological polar surface area (TPSA) is 86.3 Å². The maximum Gasteiger partial charge on any atom is 0.407 e. The summed E-state index contributed by atoms with van der Waals surface area (Å²) in [6.07, 6.45) is 1.95. The molecule has 1 rings (SSSR count). The van der Waals surface area contributed by atoms with Crippen molar-refractivity contribution in [2.75, 3.05) is 6.54 Å². The van der Waals surface area contributed by atoms with Gasteiger partial charge in [-0.2, -0.15) is 0 Å². The van der Waals surface area contributed by atoms with E-state index in [-0.39, 0.29) is 5.56 Å². The van der Waals surface area contributed by atoms with Crippen LogP contribution in [0, 0.1) is 0 Å². The summed E-state index contributed by atoms with van der Waals surface area (Å²) in [7, 11) is 0. The number of pyridine rings is 1. The molecule has 0 fully saturated rings. The van der Waals surface area contributed by atoms with Gasteiger partial charge in [0.1, 0.15) is 5.60 Å². The molecule has 0 aliphatic heterocycles. The molecule has 1 heterocycles. The van der Waals surface area contributed by atoms with Crippen molar-refractivity contribution >= 4 is 6.09 Å². The average Bonchev–Trinajstić information content (AvgIpc) is 2.34. The Kier molecular flexibility index (Phi) is 5.76. The molecule has 0 saturated heterocycles. The fourth-order valence-corrected chi connectivity index (χ4v) is 1.63. The normalized spacial score (nSPS) is 11.2. The molecular formula is C14H23N3O3. The van der Waals surface area contributed by atoms with Crippen LogP contribution in [0.4, 0.5) is 4.79 Å². The van der Waals surface area contributed by atoms with Gasteiger partial charge in [0.25, 0.3) is 5.56 Å². The number of nitrogens with zero attached hydrogens (tertiary/aromatic N) is 1. The van der Waals surface area contributed by atoms with Crippen molar-refractivity contribution in [3.8, 4) is 0 Å². The van der Waals surface area contributed by atoms with Crippen LogP contribution in [0.5, 0.6) is 0 Å². The zero-order valence-electron chi connectivity index (χ0n) is 12.3. The minimum atomic E-state index is -0.503. The SMILES string of the molecule is CC(C)(C)OC(=O)NCCCn1cc(CN)ccc1=O. The van der Waals surface area contributed by atoms with E-state index < -0.39 is 11.7 Å². The van der Waals surface area contributed by atoms with E-state index in [1.165, 1.54) is 6.07 Å². The van der Waals surface area contributed by atoms with Crippen LogP contribution in [0.15, 0.2) is 23.1 Å². The first-order chi connectivity index (χ1) is 9.31. The first-order valence-electron chi connectivity index (χ1n) is 6.68. The van der Waals surface area contributed by atoms with E-state index in [9.17, 15) is 9.59 Å². The molecule has 0 aliphatic carbocycles. The van der Waals surface area contributed by atoms with Gasteiger partial charge in [-0.05, 0) is 32.8 Å². The number of hydrogen-bond donors (Lipinski definition) is 2. The second-order valence-electron chi connectivity index (χ2n) is 5.56. The maximum absolute atomic E-state index is 11.6. The molecule has 1 aromatic rings. The van der Waals surface area contributed by atoms with Gasteiger partial charge in [-0.25, -0.2) is 4.79 Å². The van der Waals surface area contributed by atoms with E-state index in [1.807, 2.05) is 20.8 Å². The molecule has 3 N–H and O–H groups in total. The molecule has 6 nitrogen and oxygen atoms in total. The fourth-order valence-electron chi connectivity index (χ4n) is 1.63. The maximum atomic E-state index is 11.6. The monoisotopic (exact) mass is 281 g/mol. The van der Waals surface area contributed by atoms with Gasteiger partial charge in [0.05, 0.1) is 0 Å². The van der Waals surface area contributed by atoms with Crippen molar-refractivity contribution in [1.82, 2.24) is 9.88 Å². The van der Waals surface area contributed by atoms with E-state index >= 15 is 0 Å². The number of nitrogens with two attached hydrogens (primary N) is 1. The zero-order chi connectivity index (χ0) is 15.2. The smallest absolute Gasteiger partial charge is 0.407 e. The third-order valence-corrected chi connectivity index (χ3v) is 2.52. The Morgan fingerprint density at radius 1 is 1.40 bits per heavy atom. The molecule has 0 unspecified atom stereocenters. The Morgan fingerprint density at radius 3 is 2.70 bits per heavy atom. The van der Waals surface area contributed by atoms with Gasteiger partial charge in [0.15, 0.2) is 0 Å². The number of alkyl carbamates (subject to hydrolysis) is 1. The van der Waals surface area contributed by atoms with Crippen LogP contribution in [0.1, 0.15) is 32.8 Å². The Morgan fingerprint density at radius 2 is 2.10 bits per heavy atom. The molecule has 1 amide bonds. The highest BCUT2D eigenvalue weighted by Crippen LogP contribution is 2.06. The Hall–Kier alpha value is -1.82. The molecule has 0 atom stereocenters. The zero-order valence-corrected chi connectivity index (χ0v) is 12.3. The molecule has 0 saturated carbocycles. The first-order valence-corrected chi connectivity index (χ1v) is 6.68. The minimum absolute atomic E-state index is 0.0699. The summed E-state index contributed by atoms with van der Waals surface area (Å²) in [6.45, 7) is 6.81. The van der Waals surface area contributed by atoms with Crippen LogP contribution in [-0.2, 0) is 17.8 Å². The van der Waals surface area contributed by atoms with Crippen molar-refractivity contribution in [3.05, 3.63) is 34.2 Å². The average molecular weight is 281 g/mol. The van der Waals surface area contributed by atoms with Gasteiger partial charge < -0.3 is 20.4 Å². The summed E-state index contributed by atoms with van der Waals surface area (Å²) < 4.78 is 6.71. The van der Waals surface area contributed by atoms with Gasteiger partial charge in [-0.1, -0.05) is 6.07 Å². The van der Waals surface area contributed by atoms with Crippen molar-refractivity contribution in [1.29, 1.82) is 0 Å². The predicted molar refractivity (Wildman–Crippen MR) is 77.4 cm³/mol. The lowest BCUT2D eigenvalue weighted by Gasteiger charge is -2.19. The van der Waals surface area contributed by atoms with E-state index in [0.29, 0.717) is 26.1 Å². The molecule has 20 heavy (non-hydrogen) atoms. The third-order valence-electron chi connectivity index (χ3n) is 2.52. The second-order valence-corrected chi connectivity index (χ2v) is 5.56. The fraction of sp³-hybridized carbons (Fsp3) is 0.571. The Bertz CT molecular complexity index is 503. The van der Waals surface area contributed by atoms with Gasteiger partial charge in [-0.15, -0.1) is 0 Å². The molecule has 0 radical (unpaired) electrons. The molecule has 0 aromatic carbocycles. The molecule has 0 spiro atoms. The van der Waals surface area contributed by atoms with Crippen molar-refractivity contribution in [2.24, 2.45) is 5.73 Å². The first kappa shape index (κ1) is 16.2. The molecule has 0 bridgehead atoms. The van der Waals surface area contributed by atoms with Crippen molar-refractivity contribution in [2.45, 2.75) is 45.9 Å². The quantitative estimate of drug-likeness (QED) is 0.795. The number of carbonyl (C=O) groups is 1. The van der Waals surface area contributed by atoms with Gasteiger partial charge in [0.2, 0.25) is 0 Å². The summed E-state index contributed by atoms with van der Waals surface area (Å²) in [5.74, 6) is 0. The minimum Gasteiger partial charge on any atom is -0.444 e. The van der Waals surface area contributed by atoms with Gasteiger partial charge in [0, 0.05) is 31.9 Å². The Balaban J connectivity index is 2.38. The number of amides is 1. The van der Waals surface area contributed by atoms with Crippen LogP contribution in [-0.4, -0.2) is 22.8 Å². The van der Waals surface area contributed by atoms with Crippen LogP contribution >= 0.6 is 0 Å². The van der Waals surface area contributed by atoms with Crippen molar-refractivity contribution < 1.29 is 9.53 Å². The lowest BCUT2D eigenvalue weighted by Crippen LogP contribution is -2.33. The van der Waals surface area contributed by atoms with Crippen LogP contribution < -0.4 is 16.6 Å². The van der Waals surface area contributed by atoms with Gasteiger partial charge >= 0.3 is 6.09 Å². The summed E-state index contributed by atoms with van der Waals surface area (Å²) in [4.78, 5) is 23.0. The standard InChI is InChI=1S/C14H23N3O3/c1-14(2,3)20-13(19)16-7-4-8-17-10-11(9-15)5-6-12(17)18/h5-6,10H,4,7-9,15H2,1-3H3,(H,16,19). The van der Waals surface area contributed by atoms with E-state index in [0.717, 1.165) is 5.56 Å². The highest BCUT2D eigenvalue weighted by atomic mass is 16.6. The lowest BCUT2D eigenvalue weighted by atomic mass is 10.2. The summed E-state index contributed by atoms with van der Waals surface area (Å²) in [6, 6.07) is 3.22. The largest absolute Gasteiger partial charge is 0.444 e.